The standard InChI is InChI=1S/C21H18IN3O3/c1-2-28-17-8-6-16(7-9-17)24-21(27)18-12-15(22)5-10-19(18)25-20(26)14-4-3-11-23-13-14/h3-13H,2H2,1H3,(H,24,27)(H,25,26). The van der Waals surface area contributed by atoms with E-state index in [4.69, 9.17) is 4.74 Å². The van der Waals surface area contributed by atoms with Gasteiger partial charge in [-0.05, 0) is 84.1 Å². The number of hydrogen-bond donors (Lipinski definition) is 2. The van der Waals surface area contributed by atoms with Crippen molar-refractivity contribution in [3.8, 4) is 5.75 Å². The zero-order chi connectivity index (χ0) is 19.9. The van der Waals surface area contributed by atoms with Gasteiger partial charge in [0.15, 0.2) is 0 Å². The number of ether oxygens (including phenoxy) is 1. The third kappa shape index (κ3) is 5.07. The van der Waals surface area contributed by atoms with Crippen molar-refractivity contribution in [1.82, 2.24) is 4.98 Å². The number of aromatic nitrogens is 1. The number of carbonyl (C=O) groups is 2. The molecule has 6 nitrogen and oxygen atoms in total. The van der Waals surface area contributed by atoms with Gasteiger partial charge in [0, 0.05) is 21.7 Å². The van der Waals surface area contributed by atoms with E-state index in [0.717, 1.165) is 9.32 Å². The molecule has 3 rings (SSSR count). The van der Waals surface area contributed by atoms with E-state index in [1.54, 1.807) is 54.7 Å². The Bertz CT molecular complexity index is 976. The van der Waals surface area contributed by atoms with Crippen LogP contribution in [0.5, 0.6) is 5.75 Å². The highest BCUT2D eigenvalue weighted by molar-refractivity contribution is 14.1. The second-order valence-corrected chi connectivity index (χ2v) is 7.04. The van der Waals surface area contributed by atoms with Gasteiger partial charge in [0.25, 0.3) is 11.8 Å². The summed E-state index contributed by atoms with van der Waals surface area (Å²) < 4.78 is 6.29. The first-order valence-electron chi connectivity index (χ1n) is 8.62. The van der Waals surface area contributed by atoms with Crippen molar-refractivity contribution in [2.24, 2.45) is 0 Å². The molecule has 0 saturated carbocycles. The van der Waals surface area contributed by atoms with Crippen molar-refractivity contribution in [1.29, 1.82) is 0 Å². The number of nitrogens with one attached hydrogen (secondary N) is 2. The van der Waals surface area contributed by atoms with Crippen LogP contribution < -0.4 is 15.4 Å². The van der Waals surface area contributed by atoms with Crippen LogP contribution in [0.25, 0.3) is 0 Å². The molecule has 0 saturated heterocycles. The molecule has 0 spiro atoms. The van der Waals surface area contributed by atoms with E-state index in [1.807, 2.05) is 13.0 Å². The number of nitrogens with zero attached hydrogens (tertiary/aromatic N) is 1. The fourth-order valence-electron chi connectivity index (χ4n) is 2.50. The van der Waals surface area contributed by atoms with Gasteiger partial charge in [0.2, 0.25) is 0 Å². The molecule has 0 bridgehead atoms. The number of hydrogen-bond acceptors (Lipinski definition) is 4. The van der Waals surface area contributed by atoms with Crippen LogP contribution in [0.3, 0.4) is 0 Å². The Morgan fingerprint density at radius 1 is 1.04 bits per heavy atom. The lowest BCUT2D eigenvalue weighted by atomic mass is 10.1. The molecule has 2 aromatic carbocycles. The Balaban J connectivity index is 1.79. The van der Waals surface area contributed by atoms with Crippen molar-refractivity contribution in [2.45, 2.75) is 6.92 Å². The van der Waals surface area contributed by atoms with Gasteiger partial charge >= 0.3 is 0 Å². The minimum absolute atomic E-state index is 0.316. The van der Waals surface area contributed by atoms with E-state index in [2.05, 4.69) is 38.2 Å². The molecule has 0 unspecified atom stereocenters. The van der Waals surface area contributed by atoms with Gasteiger partial charge in [-0.1, -0.05) is 0 Å². The Kier molecular flexibility index (Phi) is 6.59. The predicted octanol–water partition coefficient (Wildman–Crippen LogP) is 4.59. The van der Waals surface area contributed by atoms with Crippen molar-refractivity contribution in [3.05, 3.63) is 81.7 Å². The smallest absolute Gasteiger partial charge is 0.257 e. The van der Waals surface area contributed by atoms with Gasteiger partial charge in [0.05, 0.1) is 23.4 Å². The summed E-state index contributed by atoms with van der Waals surface area (Å²) in [6.45, 7) is 2.49. The second kappa shape index (κ2) is 9.32. The lowest BCUT2D eigenvalue weighted by molar-refractivity contribution is 0.102. The summed E-state index contributed by atoms with van der Waals surface area (Å²) in [7, 11) is 0. The molecule has 0 aliphatic heterocycles. The van der Waals surface area contributed by atoms with Crippen LogP contribution in [0.15, 0.2) is 67.0 Å². The number of carbonyl (C=O) groups excluding carboxylic acids is 2. The molecule has 28 heavy (non-hydrogen) atoms. The van der Waals surface area contributed by atoms with Crippen molar-refractivity contribution in [3.63, 3.8) is 0 Å². The fourth-order valence-corrected chi connectivity index (χ4v) is 3.00. The maximum Gasteiger partial charge on any atom is 0.257 e. The van der Waals surface area contributed by atoms with Gasteiger partial charge in [-0.25, -0.2) is 0 Å². The van der Waals surface area contributed by atoms with Crippen LogP contribution in [0.1, 0.15) is 27.6 Å². The Morgan fingerprint density at radius 2 is 1.82 bits per heavy atom. The maximum absolute atomic E-state index is 12.8. The summed E-state index contributed by atoms with van der Waals surface area (Å²) in [5.74, 6) is 0.0905. The van der Waals surface area contributed by atoms with Gasteiger partial charge in [0.1, 0.15) is 5.75 Å². The SMILES string of the molecule is CCOc1ccc(NC(=O)c2cc(I)ccc2NC(=O)c2cccnc2)cc1. The average molecular weight is 487 g/mol. The van der Waals surface area contributed by atoms with E-state index in [9.17, 15) is 9.59 Å². The number of benzene rings is 2. The summed E-state index contributed by atoms with van der Waals surface area (Å²) in [6, 6.07) is 15.7. The minimum atomic E-state index is -0.329. The Labute approximate surface area is 176 Å². The van der Waals surface area contributed by atoms with E-state index < -0.39 is 0 Å². The van der Waals surface area contributed by atoms with Crippen LogP contribution in [0.2, 0.25) is 0 Å². The number of halogens is 1. The normalized spacial score (nSPS) is 10.2. The van der Waals surface area contributed by atoms with Gasteiger partial charge in [-0.15, -0.1) is 0 Å². The lowest BCUT2D eigenvalue weighted by Crippen LogP contribution is -2.18. The number of amides is 2. The largest absolute Gasteiger partial charge is 0.494 e. The lowest BCUT2D eigenvalue weighted by Gasteiger charge is -2.12. The third-order valence-electron chi connectivity index (χ3n) is 3.82. The van der Waals surface area contributed by atoms with Crippen LogP contribution in [0, 0.1) is 3.57 Å². The molecule has 0 radical (unpaired) electrons. The van der Waals surface area contributed by atoms with E-state index in [1.165, 1.54) is 6.20 Å². The van der Waals surface area contributed by atoms with Crippen LogP contribution in [0.4, 0.5) is 11.4 Å². The zero-order valence-electron chi connectivity index (χ0n) is 15.1. The van der Waals surface area contributed by atoms with E-state index in [0.29, 0.717) is 29.1 Å². The average Bonchev–Trinajstić information content (AvgIpc) is 2.71. The molecule has 2 amide bonds. The number of rotatable bonds is 6. The number of pyridine rings is 1. The highest BCUT2D eigenvalue weighted by Gasteiger charge is 2.15. The first-order valence-corrected chi connectivity index (χ1v) is 9.70. The fraction of sp³-hybridized carbons (Fsp3) is 0.0952. The van der Waals surface area contributed by atoms with Crippen LogP contribution in [-0.4, -0.2) is 23.4 Å². The predicted molar refractivity (Wildman–Crippen MR) is 117 cm³/mol. The van der Waals surface area contributed by atoms with Crippen LogP contribution >= 0.6 is 22.6 Å². The summed E-state index contributed by atoms with van der Waals surface area (Å²) in [6.07, 6.45) is 3.07. The van der Waals surface area contributed by atoms with Gasteiger partial charge in [-0.3, -0.25) is 14.6 Å². The topological polar surface area (TPSA) is 80.3 Å². The molecule has 7 heteroatoms. The Hall–Kier alpha value is -2.94. The molecular formula is C21H18IN3O3. The zero-order valence-corrected chi connectivity index (χ0v) is 17.3. The third-order valence-corrected chi connectivity index (χ3v) is 4.49. The maximum atomic E-state index is 12.8. The molecule has 0 atom stereocenters. The van der Waals surface area contributed by atoms with E-state index >= 15 is 0 Å². The molecule has 0 fully saturated rings. The molecule has 3 aromatic rings. The molecule has 1 heterocycles. The molecule has 0 aliphatic rings. The number of anilines is 2. The molecule has 2 N–H and O–H groups in total. The summed E-state index contributed by atoms with van der Waals surface area (Å²) >= 11 is 2.13. The van der Waals surface area contributed by atoms with E-state index in [-0.39, 0.29) is 11.8 Å². The summed E-state index contributed by atoms with van der Waals surface area (Å²) in [5.41, 5.74) is 1.85. The molecule has 1 aromatic heterocycles. The van der Waals surface area contributed by atoms with Gasteiger partial charge in [-0.2, -0.15) is 0 Å². The van der Waals surface area contributed by atoms with Crippen molar-refractivity contribution in [2.75, 3.05) is 17.2 Å². The monoisotopic (exact) mass is 487 g/mol. The molecular weight excluding hydrogens is 469 g/mol. The highest BCUT2D eigenvalue weighted by atomic mass is 127. The first kappa shape index (κ1) is 19.8. The molecule has 142 valence electrons. The minimum Gasteiger partial charge on any atom is -0.494 e. The highest BCUT2D eigenvalue weighted by Crippen LogP contribution is 2.22. The summed E-state index contributed by atoms with van der Waals surface area (Å²) in [4.78, 5) is 29.2. The van der Waals surface area contributed by atoms with Crippen molar-refractivity contribution >= 4 is 45.8 Å². The second-order valence-electron chi connectivity index (χ2n) is 5.80. The van der Waals surface area contributed by atoms with Gasteiger partial charge < -0.3 is 15.4 Å². The van der Waals surface area contributed by atoms with Crippen molar-refractivity contribution < 1.29 is 14.3 Å². The summed E-state index contributed by atoms with van der Waals surface area (Å²) in [5, 5.41) is 5.63. The molecule has 0 aliphatic carbocycles. The quantitative estimate of drug-likeness (QED) is 0.499. The first-order chi connectivity index (χ1) is 13.6. The Morgan fingerprint density at radius 3 is 2.50 bits per heavy atom. The van der Waals surface area contributed by atoms with Crippen LogP contribution in [-0.2, 0) is 0 Å².